The molecule has 3 nitrogen and oxygen atoms in total. The molecule has 2 aromatic heterocycles. The normalized spacial score (nSPS) is 10.4. The van der Waals surface area contributed by atoms with Crippen LogP contribution in [-0.2, 0) is 13.1 Å². The summed E-state index contributed by atoms with van der Waals surface area (Å²) in [5.74, 6) is 0.953. The molecule has 4 heteroatoms. The van der Waals surface area contributed by atoms with Crippen molar-refractivity contribution in [2.24, 2.45) is 0 Å². The Morgan fingerprint density at radius 3 is 2.52 bits per heavy atom. The van der Waals surface area contributed by atoms with E-state index in [0.29, 0.717) is 0 Å². The summed E-state index contributed by atoms with van der Waals surface area (Å²) in [7, 11) is 0. The zero-order chi connectivity index (χ0) is 17.1. The van der Waals surface area contributed by atoms with Gasteiger partial charge in [0.05, 0.1) is 5.52 Å². The zero-order valence-corrected chi connectivity index (χ0v) is 16.2. The maximum Gasteiger partial charge on any atom is 0.150 e. The van der Waals surface area contributed by atoms with Crippen LogP contribution in [0.4, 0.5) is 5.82 Å². The molecule has 0 fully saturated rings. The number of hydrogen-bond acceptors (Lipinski definition) is 2. The van der Waals surface area contributed by atoms with E-state index in [2.05, 4.69) is 79.0 Å². The van der Waals surface area contributed by atoms with Gasteiger partial charge in [-0.15, -0.1) is 12.4 Å². The number of aryl methyl sites for hydroxylation is 1. The molecule has 0 radical (unpaired) electrons. The summed E-state index contributed by atoms with van der Waals surface area (Å²) in [5.41, 5.74) is 6.42. The summed E-state index contributed by atoms with van der Waals surface area (Å²) >= 11 is 0. The molecule has 2 heterocycles. The summed E-state index contributed by atoms with van der Waals surface area (Å²) in [5, 5.41) is 4.80. The van der Waals surface area contributed by atoms with Crippen LogP contribution in [0.2, 0.25) is 0 Å². The van der Waals surface area contributed by atoms with Gasteiger partial charge in [0.25, 0.3) is 0 Å². The van der Waals surface area contributed by atoms with Crippen LogP contribution in [0, 0.1) is 13.8 Å². The van der Waals surface area contributed by atoms with Gasteiger partial charge in [0.15, 0.2) is 5.82 Å². The molecule has 0 bridgehead atoms. The Bertz CT molecular complexity index is 875. The molecule has 3 aromatic rings. The fourth-order valence-electron chi connectivity index (χ4n) is 3.01. The molecule has 0 aliphatic heterocycles. The van der Waals surface area contributed by atoms with Gasteiger partial charge >= 0.3 is 0 Å². The van der Waals surface area contributed by atoms with Gasteiger partial charge in [-0.3, -0.25) is 0 Å². The van der Waals surface area contributed by atoms with Gasteiger partial charge in [0, 0.05) is 30.4 Å². The smallest absolute Gasteiger partial charge is 0.150 e. The first-order chi connectivity index (χ1) is 11.6. The van der Waals surface area contributed by atoms with Gasteiger partial charge in [-0.05, 0) is 44.9 Å². The average molecular weight is 356 g/mol. The standard InChI is InChI=1S/C21H25N3.ClH/c1-15(2)11-13-24-17(4)16(3)19-10-12-22-21(20(19)24)23-14-18-8-6-5-7-9-18;/h5-12H,13-14H2,1-4H3,(H,22,23);1H. The molecule has 0 unspecified atom stereocenters. The van der Waals surface area contributed by atoms with E-state index in [1.165, 1.54) is 33.3 Å². The first-order valence-electron chi connectivity index (χ1n) is 8.43. The Labute approximate surface area is 156 Å². The van der Waals surface area contributed by atoms with Crippen molar-refractivity contribution in [1.29, 1.82) is 0 Å². The van der Waals surface area contributed by atoms with Crippen molar-refractivity contribution in [3.05, 3.63) is 71.1 Å². The Morgan fingerprint density at radius 1 is 1.12 bits per heavy atom. The number of hydrogen-bond donors (Lipinski definition) is 1. The highest BCUT2D eigenvalue weighted by molar-refractivity contribution is 5.93. The first-order valence-corrected chi connectivity index (χ1v) is 8.43. The summed E-state index contributed by atoms with van der Waals surface area (Å²) in [4.78, 5) is 4.61. The number of allylic oxidation sites excluding steroid dienone is 2. The molecule has 0 saturated carbocycles. The summed E-state index contributed by atoms with van der Waals surface area (Å²) < 4.78 is 2.36. The monoisotopic (exact) mass is 355 g/mol. The van der Waals surface area contributed by atoms with Gasteiger partial charge in [-0.2, -0.15) is 0 Å². The predicted octanol–water partition coefficient (Wildman–Crippen LogP) is 5.65. The van der Waals surface area contributed by atoms with Crippen LogP contribution in [0.15, 0.2) is 54.2 Å². The van der Waals surface area contributed by atoms with E-state index in [0.717, 1.165) is 18.9 Å². The number of nitrogens with zero attached hydrogens (tertiary/aromatic N) is 2. The van der Waals surface area contributed by atoms with E-state index in [-0.39, 0.29) is 12.4 Å². The van der Waals surface area contributed by atoms with Crippen molar-refractivity contribution in [1.82, 2.24) is 9.55 Å². The molecule has 25 heavy (non-hydrogen) atoms. The molecule has 0 saturated heterocycles. The van der Waals surface area contributed by atoms with Crippen molar-refractivity contribution >= 4 is 29.1 Å². The molecule has 0 atom stereocenters. The van der Waals surface area contributed by atoms with Crippen molar-refractivity contribution < 1.29 is 0 Å². The van der Waals surface area contributed by atoms with E-state index in [1.807, 2.05) is 12.3 Å². The lowest BCUT2D eigenvalue weighted by atomic mass is 10.2. The van der Waals surface area contributed by atoms with Gasteiger partial charge in [0.2, 0.25) is 0 Å². The van der Waals surface area contributed by atoms with E-state index in [9.17, 15) is 0 Å². The molecule has 132 valence electrons. The molecule has 0 spiro atoms. The van der Waals surface area contributed by atoms with E-state index in [1.54, 1.807) is 0 Å². The topological polar surface area (TPSA) is 29.9 Å². The molecule has 3 rings (SSSR count). The fourth-order valence-corrected chi connectivity index (χ4v) is 3.01. The number of halogens is 1. The number of anilines is 1. The zero-order valence-electron chi connectivity index (χ0n) is 15.3. The second-order valence-corrected chi connectivity index (χ2v) is 6.50. The van der Waals surface area contributed by atoms with Crippen molar-refractivity contribution in [2.75, 3.05) is 5.32 Å². The maximum atomic E-state index is 4.61. The molecular weight excluding hydrogens is 330 g/mol. The first kappa shape index (κ1) is 19.1. The summed E-state index contributed by atoms with van der Waals surface area (Å²) in [6, 6.07) is 12.6. The van der Waals surface area contributed by atoms with Crippen molar-refractivity contribution in [3.8, 4) is 0 Å². The Kier molecular flexibility index (Phi) is 6.27. The number of aromatic nitrogens is 2. The quantitative estimate of drug-likeness (QED) is 0.599. The van der Waals surface area contributed by atoms with Gasteiger partial charge in [-0.25, -0.2) is 4.98 Å². The third-order valence-electron chi connectivity index (χ3n) is 4.53. The minimum Gasteiger partial charge on any atom is -0.364 e. The van der Waals surface area contributed by atoms with Gasteiger partial charge in [0.1, 0.15) is 0 Å². The Morgan fingerprint density at radius 2 is 1.84 bits per heavy atom. The number of rotatable bonds is 5. The highest BCUT2D eigenvalue weighted by Crippen LogP contribution is 2.30. The average Bonchev–Trinajstić information content (AvgIpc) is 2.84. The van der Waals surface area contributed by atoms with Crippen LogP contribution in [0.3, 0.4) is 0 Å². The number of pyridine rings is 1. The lowest BCUT2D eigenvalue weighted by Crippen LogP contribution is -2.05. The highest BCUT2D eigenvalue weighted by atomic mass is 35.5. The number of fused-ring (bicyclic) bond motifs is 1. The summed E-state index contributed by atoms with van der Waals surface area (Å²) in [6.45, 7) is 10.3. The number of benzene rings is 1. The van der Waals surface area contributed by atoms with Crippen LogP contribution in [-0.4, -0.2) is 9.55 Å². The number of nitrogens with one attached hydrogen (secondary N) is 1. The molecule has 1 N–H and O–H groups in total. The fraction of sp³-hybridized carbons (Fsp3) is 0.286. The Hall–Kier alpha value is -2.26. The third kappa shape index (κ3) is 4.05. The van der Waals surface area contributed by atoms with E-state index >= 15 is 0 Å². The SMILES string of the molecule is CC(C)=CCn1c(C)c(C)c2ccnc(NCc3ccccc3)c21.Cl. The van der Waals surface area contributed by atoms with Crippen LogP contribution in [0.5, 0.6) is 0 Å². The van der Waals surface area contributed by atoms with Crippen LogP contribution in [0.1, 0.15) is 30.7 Å². The lowest BCUT2D eigenvalue weighted by molar-refractivity contribution is 0.815. The van der Waals surface area contributed by atoms with Crippen molar-refractivity contribution in [3.63, 3.8) is 0 Å². The molecule has 1 aromatic carbocycles. The molecule has 0 aliphatic rings. The second-order valence-electron chi connectivity index (χ2n) is 6.50. The van der Waals surface area contributed by atoms with Gasteiger partial charge < -0.3 is 9.88 Å². The molecule has 0 amide bonds. The van der Waals surface area contributed by atoms with Crippen LogP contribution < -0.4 is 5.32 Å². The second kappa shape index (κ2) is 8.21. The third-order valence-corrected chi connectivity index (χ3v) is 4.53. The lowest BCUT2D eigenvalue weighted by Gasteiger charge is -2.11. The summed E-state index contributed by atoms with van der Waals surface area (Å²) in [6.07, 6.45) is 4.16. The highest BCUT2D eigenvalue weighted by Gasteiger charge is 2.14. The predicted molar refractivity (Wildman–Crippen MR) is 110 cm³/mol. The minimum atomic E-state index is 0. The van der Waals surface area contributed by atoms with Crippen LogP contribution >= 0.6 is 12.4 Å². The Balaban J connectivity index is 0.00000225. The van der Waals surface area contributed by atoms with E-state index < -0.39 is 0 Å². The van der Waals surface area contributed by atoms with Gasteiger partial charge in [-0.1, -0.05) is 42.0 Å². The molecular formula is C21H26ClN3. The van der Waals surface area contributed by atoms with Crippen molar-refractivity contribution in [2.45, 2.75) is 40.8 Å². The minimum absolute atomic E-state index is 0. The van der Waals surface area contributed by atoms with Crippen LogP contribution in [0.25, 0.3) is 10.9 Å². The van der Waals surface area contributed by atoms with E-state index in [4.69, 9.17) is 0 Å². The largest absolute Gasteiger partial charge is 0.364 e. The maximum absolute atomic E-state index is 4.61. The molecule has 0 aliphatic carbocycles.